The van der Waals surface area contributed by atoms with Gasteiger partial charge in [-0.25, -0.2) is 4.39 Å². The predicted molar refractivity (Wildman–Crippen MR) is 132 cm³/mol. The molecule has 2 amide bonds. The van der Waals surface area contributed by atoms with Crippen LogP contribution in [-0.4, -0.2) is 34.6 Å². The zero-order valence-corrected chi connectivity index (χ0v) is 25.3. The Morgan fingerprint density at radius 2 is 1.86 bits per heavy atom. The van der Waals surface area contributed by atoms with Gasteiger partial charge in [0.15, 0.2) is 5.78 Å². The summed E-state index contributed by atoms with van der Waals surface area (Å²) in [5, 5.41) is 3.12. The van der Waals surface area contributed by atoms with Crippen molar-refractivity contribution < 1.29 is 54.3 Å². The van der Waals surface area contributed by atoms with Crippen molar-refractivity contribution in [1.82, 2.24) is 10.2 Å². The van der Waals surface area contributed by atoms with Crippen LogP contribution in [-0.2, 0) is 16.1 Å². The molecule has 36 heavy (non-hydrogen) atoms. The van der Waals surface area contributed by atoms with Gasteiger partial charge in [-0.15, -0.1) is 5.39 Å². The molecule has 1 aromatic heterocycles. The molecular formula is C28H31FN2O4U. The molecule has 0 spiro atoms. The van der Waals surface area contributed by atoms with Crippen LogP contribution in [0, 0.1) is 62.8 Å². The Labute approximate surface area is 235 Å². The second-order valence-electron chi connectivity index (χ2n) is 8.71. The standard InChI is InChI=1S/C26H25FN2O4.C2H6.U/c1-16-6-4-5-7-18(16)14-28-25(32)26(2,3)29(15-21(30)17-8-9-17)24(31)23-13-19-12-20(27)10-11-22(19)33-23;1-2;/h4-7,10-12,17H,2,8-9,14-15H2,1,3H3,(H,28,32);1-2H3;/q-2;;+2. The molecule has 0 aliphatic heterocycles. The van der Waals surface area contributed by atoms with Crippen LogP contribution in [0.2, 0.25) is 0 Å². The summed E-state index contributed by atoms with van der Waals surface area (Å²) in [5.41, 5.74) is 0.635. The minimum Gasteiger partial charge on any atom is -0.514 e. The number of carbonyl (C=O) groups excluding carboxylic acids is 3. The summed E-state index contributed by atoms with van der Waals surface area (Å²) in [4.78, 5) is 40.3. The van der Waals surface area contributed by atoms with Crippen LogP contribution >= 0.6 is 0 Å². The Bertz CT molecular complexity index is 1230. The van der Waals surface area contributed by atoms with Crippen molar-refractivity contribution in [2.45, 2.75) is 52.6 Å². The van der Waals surface area contributed by atoms with Crippen LogP contribution in [0.4, 0.5) is 4.39 Å². The number of hydrogen-bond donors (Lipinski definition) is 1. The molecule has 0 saturated heterocycles. The molecule has 6 nitrogen and oxygen atoms in total. The van der Waals surface area contributed by atoms with Gasteiger partial charge >= 0.3 is 31.1 Å². The first kappa shape index (κ1) is 29.8. The molecule has 8 heteroatoms. The number of furan rings is 1. The molecule has 1 aliphatic carbocycles. The smallest absolute Gasteiger partial charge is 0.514 e. The second kappa shape index (κ2) is 12.7. The molecule has 0 bridgehead atoms. The molecule has 1 fully saturated rings. The number of hydrogen-bond acceptors (Lipinski definition) is 4. The maximum Gasteiger partial charge on any atom is 2.00 e. The van der Waals surface area contributed by atoms with Gasteiger partial charge in [-0.05, 0) is 42.5 Å². The first-order valence-electron chi connectivity index (χ1n) is 11.8. The maximum absolute atomic E-state index is 13.6. The number of halogens is 1. The molecular weight excluding hydrogens is 685 g/mol. The number of aryl methyl sites for hydroxylation is 1. The van der Waals surface area contributed by atoms with Gasteiger partial charge in [0.1, 0.15) is 0 Å². The normalized spacial score (nSPS) is 14.1. The first-order chi connectivity index (χ1) is 16.7. The van der Waals surface area contributed by atoms with Crippen LogP contribution in [0.5, 0.6) is 0 Å². The van der Waals surface area contributed by atoms with E-state index in [2.05, 4.69) is 18.3 Å². The third kappa shape index (κ3) is 6.86. The van der Waals surface area contributed by atoms with E-state index < -0.39 is 23.2 Å². The largest absolute Gasteiger partial charge is 2.00 e. The van der Waals surface area contributed by atoms with Crippen molar-refractivity contribution in [3.63, 3.8) is 0 Å². The SMILES string of the molecule is CC.[CH2-]C(C)(C(=O)NCc1ccccc1C)N(CC(=O)C1CC1)C(=O)c1[c-]c2cc(F)ccc2o1.[U+2]. The number of carbonyl (C=O) groups is 3. The molecule has 1 N–H and O–H groups in total. The van der Waals surface area contributed by atoms with Crippen LogP contribution < -0.4 is 5.32 Å². The number of Topliss-reactive ketones (excluding diaryl/α,β-unsaturated/α-hetero) is 1. The number of amides is 2. The van der Waals surface area contributed by atoms with E-state index in [1.54, 1.807) is 0 Å². The van der Waals surface area contributed by atoms with Gasteiger partial charge in [-0.3, -0.25) is 9.59 Å². The molecule has 188 valence electrons. The fourth-order valence-corrected chi connectivity index (χ4v) is 3.62. The molecule has 1 aliphatic rings. The molecule has 1 unspecified atom stereocenters. The van der Waals surface area contributed by atoms with Crippen molar-refractivity contribution in [3.05, 3.63) is 78.2 Å². The second-order valence-corrected chi connectivity index (χ2v) is 8.71. The van der Waals surface area contributed by atoms with E-state index in [1.165, 1.54) is 25.1 Å². The van der Waals surface area contributed by atoms with E-state index >= 15 is 0 Å². The van der Waals surface area contributed by atoms with Crippen LogP contribution in [0.25, 0.3) is 11.0 Å². The van der Waals surface area contributed by atoms with Gasteiger partial charge in [0, 0.05) is 18.0 Å². The van der Waals surface area contributed by atoms with E-state index in [-0.39, 0.29) is 67.2 Å². The molecule has 0 radical (unpaired) electrons. The zero-order valence-electron chi connectivity index (χ0n) is 21.1. The summed E-state index contributed by atoms with van der Waals surface area (Å²) in [6.07, 6.45) is 1.54. The minimum absolute atomic E-state index is 0. The third-order valence-corrected chi connectivity index (χ3v) is 5.97. The number of benzene rings is 2. The average Bonchev–Trinajstić information content (AvgIpc) is 3.61. The van der Waals surface area contributed by atoms with Gasteiger partial charge in [0.2, 0.25) is 11.8 Å². The summed E-state index contributed by atoms with van der Waals surface area (Å²) in [7, 11) is 0. The molecule has 2 aromatic carbocycles. The fraction of sp³-hybridized carbons (Fsp3) is 0.357. The van der Waals surface area contributed by atoms with Gasteiger partial charge < -0.3 is 26.4 Å². The average molecular weight is 717 g/mol. The fourth-order valence-electron chi connectivity index (χ4n) is 3.62. The molecule has 3 aromatic rings. The Morgan fingerprint density at radius 1 is 1.19 bits per heavy atom. The molecule has 1 atom stereocenters. The number of nitrogens with zero attached hydrogens (tertiary/aromatic N) is 1. The van der Waals surface area contributed by atoms with Gasteiger partial charge in [-0.2, -0.15) is 0 Å². The quantitative estimate of drug-likeness (QED) is 0.332. The monoisotopic (exact) mass is 716 g/mol. The predicted octanol–water partition coefficient (Wildman–Crippen LogP) is 5.04. The van der Waals surface area contributed by atoms with Crippen LogP contribution in [0.15, 0.2) is 46.9 Å². The van der Waals surface area contributed by atoms with Gasteiger partial charge in [0.05, 0.1) is 18.1 Å². The van der Waals surface area contributed by atoms with Crippen molar-refractivity contribution in [1.29, 1.82) is 0 Å². The van der Waals surface area contributed by atoms with Crippen molar-refractivity contribution in [2.75, 3.05) is 6.54 Å². The van der Waals surface area contributed by atoms with Crippen molar-refractivity contribution >= 4 is 28.6 Å². The minimum atomic E-state index is -1.59. The van der Waals surface area contributed by atoms with E-state index in [0.717, 1.165) is 28.9 Å². The topological polar surface area (TPSA) is 79.6 Å². The Hall–Kier alpha value is -2.43. The Morgan fingerprint density at radius 3 is 2.50 bits per heavy atom. The summed E-state index contributed by atoms with van der Waals surface area (Å²) < 4.78 is 19.1. The third-order valence-electron chi connectivity index (χ3n) is 5.97. The van der Waals surface area contributed by atoms with Gasteiger partial charge in [-0.1, -0.05) is 63.2 Å². The molecule has 1 saturated carbocycles. The maximum atomic E-state index is 13.6. The Kier molecular flexibility index (Phi) is 10.5. The van der Waals surface area contributed by atoms with Gasteiger partial charge in [0.25, 0.3) is 0 Å². The zero-order chi connectivity index (χ0) is 25.8. The Balaban J connectivity index is 0.00000148. The summed E-state index contributed by atoms with van der Waals surface area (Å²) in [6.45, 7) is 11.4. The van der Waals surface area contributed by atoms with Crippen molar-refractivity contribution in [3.8, 4) is 0 Å². The number of nitrogens with one attached hydrogen (secondary N) is 1. The van der Waals surface area contributed by atoms with E-state index in [0.29, 0.717) is 5.39 Å². The molecule has 1 heterocycles. The van der Waals surface area contributed by atoms with Crippen LogP contribution in [0.1, 0.15) is 55.3 Å². The summed E-state index contributed by atoms with van der Waals surface area (Å²) in [6, 6.07) is 14.2. The van der Waals surface area contributed by atoms with E-state index in [9.17, 15) is 18.8 Å². The first-order valence-corrected chi connectivity index (χ1v) is 11.8. The summed E-state index contributed by atoms with van der Waals surface area (Å²) >= 11 is 0. The number of rotatable bonds is 8. The van der Waals surface area contributed by atoms with E-state index in [4.69, 9.17) is 4.42 Å². The number of fused-ring (bicyclic) bond motifs is 1. The van der Waals surface area contributed by atoms with Crippen LogP contribution in [0.3, 0.4) is 0 Å². The van der Waals surface area contributed by atoms with Crippen molar-refractivity contribution in [2.24, 2.45) is 5.92 Å². The van der Waals surface area contributed by atoms with E-state index in [1.807, 2.05) is 45.0 Å². The summed E-state index contributed by atoms with van der Waals surface area (Å²) in [5.74, 6) is -2.15. The number of ketones is 1. The molecule has 4 rings (SSSR count).